The number of imide groups is 1. The van der Waals surface area contributed by atoms with Crippen molar-refractivity contribution in [2.45, 2.75) is 6.92 Å². The Hall–Kier alpha value is -3.86. The molecule has 4 rings (SSSR count). The third kappa shape index (κ3) is 3.35. The molecule has 2 amide bonds. The minimum atomic E-state index is -0.364. The molecule has 0 saturated heterocycles. The topological polar surface area (TPSA) is 55.8 Å². The average Bonchev–Trinajstić information content (AvgIpc) is 2.77. The van der Waals surface area contributed by atoms with E-state index in [0.29, 0.717) is 33.9 Å². The second-order valence-corrected chi connectivity index (χ2v) is 7.00. The van der Waals surface area contributed by atoms with Crippen LogP contribution in [0.15, 0.2) is 66.7 Å². The van der Waals surface area contributed by atoms with E-state index in [2.05, 4.69) is 0 Å². The van der Waals surface area contributed by atoms with Gasteiger partial charge in [0, 0.05) is 11.1 Å². The zero-order valence-corrected chi connectivity index (χ0v) is 17.0. The molecule has 150 valence electrons. The highest BCUT2D eigenvalue weighted by atomic mass is 16.5. The van der Waals surface area contributed by atoms with Crippen LogP contribution in [0.2, 0.25) is 0 Å². The molecule has 1 heterocycles. The van der Waals surface area contributed by atoms with Gasteiger partial charge in [-0.15, -0.1) is 0 Å². The Bertz CT molecular complexity index is 1160. The predicted octanol–water partition coefficient (Wildman–Crippen LogP) is 4.74. The van der Waals surface area contributed by atoms with Crippen molar-refractivity contribution in [2.24, 2.45) is 0 Å². The van der Waals surface area contributed by atoms with Crippen molar-refractivity contribution in [1.29, 1.82) is 0 Å². The van der Waals surface area contributed by atoms with Crippen LogP contribution >= 0.6 is 0 Å². The number of carbonyl (C=O) groups excluding carboxylic acids is 2. The number of carbonyl (C=O) groups is 2. The van der Waals surface area contributed by atoms with Gasteiger partial charge in [-0.05, 0) is 54.5 Å². The van der Waals surface area contributed by atoms with E-state index < -0.39 is 0 Å². The largest absolute Gasteiger partial charge is 0.493 e. The first kappa shape index (κ1) is 19.5. The smallest absolute Gasteiger partial charge is 0.265 e. The molecule has 5 heteroatoms. The zero-order valence-electron chi connectivity index (χ0n) is 17.0. The molecule has 0 fully saturated rings. The molecular weight excluding hydrogens is 378 g/mol. The summed E-state index contributed by atoms with van der Waals surface area (Å²) in [6, 6.07) is 19.9. The van der Waals surface area contributed by atoms with Gasteiger partial charge >= 0.3 is 0 Å². The maximum absolute atomic E-state index is 13.4. The predicted molar refractivity (Wildman–Crippen MR) is 117 cm³/mol. The highest BCUT2D eigenvalue weighted by Gasteiger charge is 2.35. The first-order valence-corrected chi connectivity index (χ1v) is 9.52. The van der Waals surface area contributed by atoms with Gasteiger partial charge in [0.1, 0.15) is 0 Å². The van der Waals surface area contributed by atoms with Crippen molar-refractivity contribution < 1.29 is 19.1 Å². The van der Waals surface area contributed by atoms with Gasteiger partial charge in [-0.3, -0.25) is 9.59 Å². The summed E-state index contributed by atoms with van der Waals surface area (Å²) in [7, 11) is 3.13. The molecule has 0 saturated carbocycles. The maximum atomic E-state index is 13.4. The summed E-state index contributed by atoms with van der Waals surface area (Å²) in [6.45, 7) is 1.96. The molecule has 3 aromatic carbocycles. The van der Waals surface area contributed by atoms with E-state index in [1.54, 1.807) is 62.8 Å². The van der Waals surface area contributed by atoms with E-state index in [0.717, 1.165) is 11.1 Å². The Morgan fingerprint density at radius 2 is 1.43 bits per heavy atom. The first-order valence-electron chi connectivity index (χ1n) is 9.52. The van der Waals surface area contributed by atoms with Crippen molar-refractivity contribution in [2.75, 3.05) is 19.1 Å². The van der Waals surface area contributed by atoms with Gasteiger partial charge in [-0.25, -0.2) is 4.90 Å². The van der Waals surface area contributed by atoms with Crippen LogP contribution in [0.1, 0.15) is 27.0 Å². The number of benzene rings is 3. The third-order valence-electron chi connectivity index (χ3n) is 5.10. The van der Waals surface area contributed by atoms with Gasteiger partial charge in [0.15, 0.2) is 11.5 Å². The Morgan fingerprint density at radius 3 is 2.10 bits per heavy atom. The standard InChI is InChI=1S/C25H21NO4/c1-16-8-11-18(12-9-16)26-24(27)20-7-5-4-6-19(20)21(25(26)28)14-17-10-13-22(29-2)23(15-17)30-3/h4-15H,1-3H3/b21-14-. The number of rotatable bonds is 4. The first-order chi connectivity index (χ1) is 14.5. The van der Waals surface area contributed by atoms with Gasteiger partial charge in [0.2, 0.25) is 0 Å². The highest BCUT2D eigenvalue weighted by molar-refractivity contribution is 6.43. The van der Waals surface area contributed by atoms with Crippen LogP contribution in [0, 0.1) is 6.92 Å². The SMILES string of the molecule is COc1ccc(/C=C2\C(=O)N(c3ccc(C)cc3)C(=O)c3ccccc32)cc1OC. The lowest BCUT2D eigenvalue weighted by Gasteiger charge is -2.28. The minimum absolute atomic E-state index is 0.330. The summed E-state index contributed by atoms with van der Waals surface area (Å²) >= 11 is 0. The fourth-order valence-electron chi connectivity index (χ4n) is 3.53. The summed E-state index contributed by atoms with van der Waals surface area (Å²) in [5.74, 6) is 0.475. The summed E-state index contributed by atoms with van der Waals surface area (Å²) in [5.41, 5.74) is 3.91. The van der Waals surface area contributed by atoms with Gasteiger partial charge < -0.3 is 9.47 Å². The molecule has 0 aliphatic carbocycles. The lowest BCUT2D eigenvalue weighted by atomic mass is 9.91. The molecule has 0 N–H and O–H groups in total. The Morgan fingerprint density at radius 1 is 0.767 bits per heavy atom. The number of fused-ring (bicyclic) bond motifs is 1. The molecule has 0 atom stereocenters. The molecule has 1 aliphatic heterocycles. The molecule has 0 radical (unpaired) electrons. The molecule has 5 nitrogen and oxygen atoms in total. The van der Waals surface area contributed by atoms with E-state index in [-0.39, 0.29) is 11.8 Å². The summed E-state index contributed by atoms with van der Waals surface area (Å²) in [4.78, 5) is 27.8. The van der Waals surface area contributed by atoms with Crippen molar-refractivity contribution in [3.8, 4) is 11.5 Å². The minimum Gasteiger partial charge on any atom is -0.493 e. The molecule has 3 aromatic rings. The molecule has 0 spiro atoms. The molecule has 30 heavy (non-hydrogen) atoms. The highest BCUT2D eigenvalue weighted by Crippen LogP contribution is 2.35. The van der Waals surface area contributed by atoms with Gasteiger partial charge in [-0.1, -0.05) is 42.0 Å². The number of hydrogen-bond acceptors (Lipinski definition) is 4. The molecule has 0 bridgehead atoms. The van der Waals surface area contributed by atoms with E-state index in [9.17, 15) is 9.59 Å². The molecule has 0 aromatic heterocycles. The quantitative estimate of drug-likeness (QED) is 0.470. The molecular formula is C25H21NO4. The van der Waals surface area contributed by atoms with Crippen LogP contribution in [-0.4, -0.2) is 26.0 Å². The normalized spacial score (nSPS) is 14.6. The van der Waals surface area contributed by atoms with E-state index in [4.69, 9.17) is 9.47 Å². The maximum Gasteiger partial charge on any atom is 0.265 e. The number of methoxy groups -OCH3 is 2. The monoisotopic (exact) mass is 399 g/mol. The van der Waals surface area contributed by atoms with Crippen molar-refractivity contribution in [1.82, 2.24) is 0 Å². The van der Waals surface area contributed by atoms with Crippen molar-refractivity contribution in [3.05, 3.63) is 89.0 Å². The Labute approximate surface area is 175 Å². The second kappa shape index (κ2) is 7.87. The van der Waals surface area contributed by atoms with Crippen molar-refractivity contribution in [3.63, 3.8) is 0 Å². The van der Waals surface area contributed by atoms with Gasteiger partial charge in [-0.2, -0.15) is 0 Å². The van der Waals surface area contributed by atoms with E-state index in [1.165, 1.54) is 4.90 Å². The zero-order chi connectivity index (χ0) is 21.3. The fraction of sp³-hybridized carbons (Fsp3) is 0.120. The summed E-state index contributed by atoms with van der Waals surface area (Å²) in [6.07, 6.45) is 1.77. The lowest BCUT2D eigenvalue weighted by Crippen LogP contribution is -2.41. The number of hydrogen-bond donors (Lipinski definition) is 0. The second-order valence-electron chi connectivity index (χ2n) is 7.00. The van der Waals surface area contributed by atoms with Crippen LogP contribution in [0.3, 0.4) is 0 Å². The van der Waals surface area contributed by atoms with Gasteiger partial charge in [0.25, 0.3) is 11.8 Å². The van der Waals surface area contributed by atoms with Crippen LogP contribution in [0.5, 0.6) is 11.5 Å². The average molecular weight is 399 g/mol. The van der Waals surface area contributed by atoms with Crippen LogP contribution in [0.25, 0.3) is 11.6 Å². The van der Waals surface area contributed by atoms with Gasteiger partial charge in [0.05, 0.1) is 19.9 Å². The molecule has 1 aliphatic rings. The van der Waals surface area contributed by atoms with Crippen LogP contribution in [-0.2, 0) is 4.79 Å². The Balaban J connectivity index is 1.87. The summed E-state index contributed by atoms with van der Waals surface area (Å²) in [5, 5.41) is 0. The number of nitrogens with zero attached hydrogens (tertiary/aromatic N) is 1. The number of anilines is 1. The number of aryl methyl sites for hydroxylation is 1. The van der Waals surface area contributed by atoms with E-state index in [1.807, 2.05) is 31.2 Å². The van der Waals surface area contributed by atoms with Crippen LogP contribution < -0.4 is 14.4 Å². The lowest BCUT2D eigenvalue weighted by molar-refractivity contribution is -0.112. The van der Waals surface area contributed by atoms with Crippen molar-refractivity contribution >= 4 is 29.2 Å². The molecule has 0 unspecified atom stereocenters. The fourth-order valence-corrected chi connectivity index (χ4v) is 3.53. The Kier molecular flexibility index (Phi) is 5.11. The summed E-state index contributed by atoms with van der Waals surface area (Å²) < 4.78 is 10.7. The third-order valence-corrected chi connectivity index (χ3v) is 5.10. The van der Waals surface area contributed by atoms with E-state index >= 15 is 0 Å². The van der Waals surface area contributed by atoms with Crippen LogP contribution in [0.4, 0.5) is 5.69 Å². The number of amides is 2. The number of ether oxygens (including phenoxy) is 2.